The maximum absolute atomic E-state index is 12.2. The van der Waals surface area contributed by atoms with E-state index in [1.165, 1.54) is 12.3 Å². The van der Waals surface area contributed by atoms with Gasteiger partial charge < -0.3 is 5.43 Å². The van der Waals surface area contributed by atoms with E-state index in [4.69, 9.17) is 17.4 Å². The van der Waals surface area contributed by atoms with E-state index in [1.54, 1.807) is 19.2 Å². The van der Waals surface area contributed by atoms with Crippen LogP contribution in [0.15, 0.2) is 35.6 Å². The van der Waals surface area contributed by atoms with Gasteiger partial charge >= 0.3 is 0 Å². The highest BCUT2D eigenvalue weighted by Crippen LogP contribution is 2.23. The van der Waals surface area contributed by atoms with Gasteiger partial charge in [0.25, 0.3) is 10.0 Å². The van der Waals surface area contributed by atoms with E-state index in [1.807, 2.05) is 0 Å². The summed E-state index contributed by atoms with van der Waals surface area (Å²) in [7, 11) is -3.79. The third-order valence-corrected chi connectivity index (χ3v) is 4.17. The lowest BCUT2D eigenvalue weighted by Crippen LogP contribution is -2.15. The van der Waals surface area contributed by atoms with Crippen LogP contribution in [0.25, 0.3) is 0 Å². The fourth-order valence-corrected chi connectivity index (χ4v) is 2.82. The molecule has 4 N–H and O–H groups in total. The third-order valence-electron chi connectivity index (χ3n) is 2.55. The fraction of sp³-hybridized carbons (Fsp3) is 0.0909. The second kappa shape index (κ2) is 5.61. The van der Waals surface area contributed by atoms with Crippen molar-refractivity contribution in [1.29, 1.82) is 0 Å². The molecule has 0 amide bonds. The number of nitrogen functional groups attached to an aromatic ring is 1. The van der Waals surface area contributed by atoms with Crippen molar-refractivity contribution < 1.29 is 8.42 Å². The molecule has 9 heteroatoms. The normalized spacial score (nSPS) is 11.2. The van der Waals surface area contributed by atoms with Crippen molar-refractivity contribution in [2.75, 3.05) is 10.1 Å². The van der Waals surface area contributed by atoms with Gasteiger partial charge in [0.1, 0.15) is 4.90 Å². The van der Waals surface area contributed by atoms with E-state index >= 15 is 0 Å². The molecule has 0 saturated heterocycles. The highest BCUT2D eigenvalue weighted by Gasteiger charge is 2.17. The van der Waals surface area contributed by atoms with Crippen molar-refractivity contribution in [2.45, 2.75) is 11.8 Å². The molecule has 2 heterocycles. The third kappa shape index (κ3) is 2.98. The Morgan fingerprint density at radius 1 is 1.35 bits per heavy atom. The average molecular weight is 314 g/mol. The molecule has 20 heavy (non-hydrogen) atoms. The summed E-state index contributed by atoms with van der Waals surface area (Å²) in [4.78, 5) is 7.63. The molecule has 0 unspecified atom stereocenters. The van der Waals surface area contributed by atoms with Crippen molar-refractivity contribution in [3.8, 4) is 0 Å². The summed E-state index contributed by atoms with van der Waals surface area (Å²) < 4.78 is 26.9. The molecule has 7 nitrogen and oxygen atoms in total. The number of halogens is 1. The summed E-state index contributed by atoms with van der Waals surface area (Å²) in [5.41, 5.74) is 3.41. The zero-order valence-electron chi connectivity index (χ0n) is 10.5. The molecule has 0 atom stereocenters. The van der Waals surface area contributed by atoms with Gasteiger partial charge in [0.2, 0.25) is 0 Å². The predicted octanol–water partition coefficient (Wildman–Crippen LogP) is 1.52. The average Bonchev–Trinajstić information content (AvgIpc) is 2.41. The van der Waals surface area contributed by atoms with E-state index < -0.39 is 10.0 Å². The summed E-state index contributed by atoms with van der Waals surface area (Å²) in [5.74, 6) is 5.38. The number of aryl methyl sites for hydroxylation is 1. The number of nitrogens with zero attached hydrogens (tertiary/aromatic N) is 2. The molecule has 0 radical (unpaired) electrons. The molecule has 2 aromatic rings. The fourth-order valence-electron chi connectivity index (χ4n) is 1.45. The van der Waals surface area contributed by atoms with Crippen molar-refractivity contribution in [3.05, 3.63) is 41.3 Å². The lowest BCUT2D eigenvalue weighted by Gasteiger charge is -2.10. The first-order valence-electron chi connectivity index (χ1n) is 5.49. The molecule has 0 fully saturated rings. The molecule has 0 aliphatic rings. The van der Waals surface area contributed by atoms with Crippen molar-refractivity contribution >= 4 is 33.1 Å². The van der Waals surface area contributed by atoms with Crippen molar-refractivity contribution in [2.24, 2.45) is 5.84 Å². The number of nitrogens with one attached hydrogen (secondary N) is 2. The molecular weight excluding hydrogens is 302 g/mol. The molecule has 106 valence electrons. The largest absolute Gasteiger partial charge is 0.307 e. The topological polar surface area (TPSA) is 110 Å². The minimum Gasteiger partial charge on any atom is -0.307 e. The Kier molecular flexibility index (Phi) is 4.07. The van der Waals surface area contributed by atoms with Gasteiger partial charge in [-0.1, -0.05) is 11.6 Å². The molecule has 0 bridgehead atoms. The van der Waals surface area contributed by atoms with Crippen LogP contribution in [0.1, 0.15) is 5.56 Å². The lowest BCUT2D eigenvalue weighted by molar-refractivity contribution is 0.601. The second-order valence-electron chi connectivity index (χ2n) is 3.94. The lowest BCUT2D eigenvalue weighted by atomic mass is 10.3. The number of rotatable bonds is 4. The van der Waals surface area contributed by atoms with Crippen LogP contribution >= 0.6 is 11.6 Å². The van der Waals surface area contributed by atoms with Gasteiger partial charge in [-0.25, -0.2) is 19.2 Å². The van der Waals surface area contributed by atoms with Crippen LogP contribution in [0.3, 0.4) is 0 Å². The number of hydrogen-bond acceptors (Lipinski definition) is 6. The van der Waals surface area contributed by atoms with Crippen LogP contribution in [-0.2, 0) is 10.0 Å². The highest BCUT2D eigenvalue weighted by molar-refractivity contribution is 7.92. The Hall–Kier alpha value is -1.90. The Morgan fingerprint density at radius 3 is 2.70 bits per heavy atom. The highest BCUT2D eigenvalue weighted by atomic mass is 35.5. The number of aromatic nitrogens is 2. The molecule has 2 rings (SSSR count). The van der Waals surface area contributed by atoms with E-state index in [2.05, 4.69) is 20.1 Å². The maximum Gasteiger partial charge on any atom is 0.263 e. The number of hydrogen-bond donors (Lipinski definition) is 3. The number of sulfonamides is 1. The zero-order chi connectivity index (χ0) is 14.8. The van der Waals surface area contributed by atoms with Crippen LogP contribution in [-0.4, -0.2) is 18.4 Å². The Labute approximate surface area is 121 Å². The number of nitrogens with two attached hydrogens (primary N) is 1. The standard InChI is InChI=1S/C11H12ClN5O2S/c1-7-2-3-14-6-10(7)17-20(18,19)8-4-9(12)11(16-13)15-5-8/h2-6,17H,13H2,1H3,(H,15,16). The number of pyridine rings is 2. The molecule has 0 spiro atoms. The molecule has 2 aromatic heterocycles. The van der Waals surface area contributed by atoms with Gasteiger partial charge in [-0.05, 0) is 24.6 Å². The minimum atomic E-state index is -3.79. The summed E-state index contributed by atoms with van der Waals surface area (Å²) in [5, 5.41) is 0.110. The SMILES string of the molecule is Cc1ccncc1NS(=O)(=O)c1cnc(NN)c(Cl)c1. The Balaban J connectivity index is 2.36. The van der Waals surface area contributed by atoms with Gasteiger partial charge in [-0.2, -0.15) is 0 Å². The van der Waals surface area contributed by atoms with Gasteiger partial charge in [-0.3, -0.25) is 9.71 Å². The quantitative estimate of drug-likeness (QED) is 0.583. The second-order valence-corrected chi connectivity index (χ2v) is 6.03. The summed E-state index contributed by atoms with van der Waals surface area (Å²) >= 11 is 5.86. The van der Waals surface area contributed by atoms with E-state index in [9.17, 15) is 8.42 Å². The molecule has 0 aliphatic heterocycles. The van der Waals surface area contributed by atoms with Crippen LogP contribution in [0.4, 0.5) is 11.5 Å². The van der Waals surface area contributed by atoms with Gasteiger partial charge in [-0.15, -0.1) is 0 Å². The number of hydrazine groups is 1. The molecule has 0 aromatic carbocycles. The minimum absolute atomic E-state index is 0.0650. The van der Waals surface area contributed by atoms with Crippen molar-refractivity contribution in [1.82, 2.24) is 9.97 Å². The molecule has 0 saturated carbocycles. The predicted molar refractivity (Wildman–Crippen MR) is 76.8 cm³/mol. The first-order valence-corrected chi connectivity index (χ1v) is 7.36. The smallest absolute Gasteiger partial charge is 0.263 e. The van der Waals surface area contributed by atoms with Crippen LogP contribution in [0, 0.1) is 6.92 Å². The Morgan fingerprint density at radius 2 is 2.10 bits per heavy atom. The summed E-state index contributed by atoms with van der Waals surface area (Å²) in [6.07, 6.45) is 4.17. The summed E-state index contributed by atoms with van der Waals surface area (Å²) in [6, 6.07) is 2.96. The van der Waals surface area contributed by atoms with Gasteiger partial charge in [0.15, 0.2) is 5.82 Å². The monoisotopic (exact) mass is 313 g/mol. The Bertz CT molecular complexity index is 735. The first-order chi connectivity index (χ1) is 9.44. The van der Waals surface area contributed by atoms with E-state index in [0.717, 1.165) is 11.8 Å². The van der Waals surface area contributed by atoms with E-state index in [0.29, 0.717) is 5.69 Å². The molecule has 0 aliphatic carbocycles. The van der Waals surface area contributed by atoms with Gasteiger partial charge in [0, 0.05) is 12.4 Å². The van der Waals surface area contributed by atoms with Gasteiger partial charge in [0.05, 0.1) is 16.9 Å². The van der Waals surface area contributed by atoms with E-state index in [-0.39, 0.29) is 15.7 Å². The number of anilines is 2. The zero-order valence-corrected chi connectivity index (χ0v) is 12.0. The first kappa shape index (κ1) is 14.5. The van der Waals surface area contributed by atoms with Crippen LogP contribution < -0.4 is 16.0 Å². The molecular formula is C11H12ClN5O2S. The summed E-state index contributed by atoms with van der Waals surface area (Å²) in [6.45, 7) is 1.77. The van der Waals surface area contributed by atoms with Crippen LogP contribution in [0.5, 0.6) is 0 Å². The maximum atomic E-state index is 12.2. The van der Waals surface area contributed by atoms with Crippen molar-refractivity contribution in [3.63, 3.8) is 0 Å². The van der Waals surface area contributed by atoms with Crippen LogP contribution in [0.2, 0.25) is 5.02 Å².